The molecule has 8 heteroatoms. The zero-order valence-corrected chi connectivity index (χ0v) is 15.9. The lowest BCUT2D eigenvalue weighted by atomic mass is 10.2. The number of anilines is 1. The molecule has 3 aromatic rings. The molecule has 2 aromatic heterocycles. The Hall–Kier alpha value is -3.00. The van der Waals surface area contributed by atoms with Crippen molar-refractivity contribution >= 4 is 38.4 Å². The molecule has 2 heterocycles. The number of nitrogens with one attached hydrogen (secondary N) is 2. The molecule has 0 aliphatic rings. The van der Waals surface area contributed by atoms with E-state index in [9.17, 15) is 9.59 Å². The number of fused-ring (bicyclic) bond motifs is 1. The van der Waals surface area contributed by atoms with Crippen molar-refractivity contribution in [1.29, 1.82) is 0 Å². The van der Waals surface area contributed by atoms with E-state index in [1.54, 1.807) is 26.1 Å². The first-order chi connectivity index (χ1) is 13.0. The maximum Gasteiger partial charge on any atom is 0.269 e. The van der Waals surface area contributed by atoms with Gasteiger partial charge >= 0.3 is 0 Å². The number of hydrogen-bond donors (Lipinski definition) is 2. The lowest BCUT2D eigenvalue weighted by Gasteiger charge is -2.06. The van der Waals surface area contributed by atoms with E-state index in [2.05, 4.69) is 20.6 Å². The number of thiazole rings is 1. The Labute approximate surface area is 160 Å². The Morgan fingerprint density at radius 1 is 1.19 bits per heavy atom. The molecule has 0 spiro atoms. The highest BCUT2D eigenvalue weighted by molar-refractivity contribution is 7.22. The van der Waals surface area contributed by atoms with E-state index in [-0.39, 0.29) is 11.7 Å². The molecular formula is C19H20N4O3S. The van der Waals surface area contributed by atoms with Crippen molar-refractivity contribution in [1.82, 2.24) is 15.3 Å². The van der Waals surface area contributed by atoms with Gasteiger partial charge in [0.2, 0.25) is 0 Å². The number of carbonyl (C=O) groups excluding carboxylic acids is 2. The van der Waals surface area contributed by atoms with Crippen molar-refractivity contribution in [3.8, 4) is 11.5 Å². The van der Waals surface area contributed by atoms with Gasteiger partial charge in [0.1, 0.15) is 23.0 Å². The Kier molecular flexibility index (Phi) is 5.97. The van der Waals surface area contributed by atoms with Gasteiger partial charge in [-0.15, -0.1) is 0 Å². The summed E-state index contributed by atoms with van der Waals surface area (Å²) in [6.45, 7) is 2.31. The Balaban J connectivity index is 1.69. The Morgan fingerprint density at radius 3 is 2.78 bits per heavy atom. The van der Waals surface area contributed by atoms with E-state index in [4.69, 9.17) is 4.74 Å². The summed E-state index contributed by atoms with van der Waals surface area (Å²) in [6.07, 6.45) is 2.89. The number of amides is 1. The molecular weight excluding hydrogens is 364 g/mol. The molecule has 0 radical (unpaired) electrons. The monoisotopic (exact) mass is 384 g/mol. The fourth-order valence-corrected chi connectivity index (χ4v) is 3.36. The molecule has 0 atom stereocenters. The number of aromatic nitrogens is 2. The molecule has 140 valence electrons. The van der Waals surface area contributed by atoms with Gasteiger partial charge in [-0.25, -0.2) is 4.98 Å². The molecule has 0 unspecified atom stereocenters. The topological polar surface area (TPSA) is 93.2 Å². The lowest BCUT2D eigenvalue weighted by molar-refractivity contribution is -0.117. The smallest absolute Gasteiger partial charge is 0.269 e. The van der Waals surface area contributed by atoms with E-state index in [1.165, 1.54) is 17.5 Å². The summed E-state index contributed by atoms with van der Waals surface area (Å²) in [5, 5.41) is 6.60. The molecule has 0 bridgehead atoms. The summed E-state index contributed by atoms with van der Waals surface area (Å²) in [5.74, 6) is 1.12. The van der Waals surface area contributed by atoms with Crippen molar-refractivity contribution in [3.63, 3.8) is 0 Å². The minimum Gasteiger partial charge on any atom is -0.457 e. The van der Waals surface area contributed by atoms with Crippen LogP contribution in [0.4, 0.5) is 5.13 Å². The van der Waals surface area contributed by atoms with Crippen molar-refractivity contribution in [3.05, 3.63) is 42.2 Å². The third-order valence-electron chi connectivity index (χ3n) is 3.77. The average Bonchev–Trinajstić information content (AvgIpc) is 3.06. The van der Waals surface area contributed by atoms with Gasteiger partial charge in [0.15, 0.2) is 5.13 Å². The Morgan fingerprint density at radius 2 is 2.00 bits per heavy atom. The van der Waals surface area contributed by atoms with Crippen LogP contribution in [0.25, 0.3) is 10.2 Å². The molecule has 27 heavy (non-hydrogen) atoms. The molecule has 0 fully saturated rings. The van der Waals surface area contributed by atoms with Crippen LogP contribution in [0.3, 0.4) is 0 Å². The largest absolute Gasteiger partial charge is 0.457 e. The van der Waals surface area contributed by atoms with Gasteiger partial charge in [-0.1, -0.05) is 11.3 Å². The molecule has 0 aliphatic carbocycles. The highest BCUT2D eigenvalue weighted by Crippen LogP contribution is 2.31. The molecule has 2 N–H and O–H groups in total. The summed E-state index contributed by atoms with van der Waals surface area (Å²) in [5.41, 5.74) is 1.17. The maximum atomic E-state index is 11.7. The van der Waals surface area contributed by atoms with Gasteiger partial charge in [0.25, 0.3) is 5.91 Å². The second-order valence-electron chi connectivity index (χ2n) is 5.94. The molecule has 1 amide bonds. The fourth-order valence-electron chi connectivity index (χ4n) is 2.44. The SMILES string of the molecule is CNC(=O)c1cc(Oc2ccc3nc(NCCCC(C)=O)sc3c2)ccn1. The third-order valence-corrected chi connectivity index (χ3v) is 4.74. The number of ether oxygens (including phenoxy) is 1. The van der Waals surface area contributed by atoms with Crippen molar-refractivity contribution < 1.29 is 14.3 Å². The zero-order valence-electron chi connectivity index (χ0n) is 15.1. The van der Waals surface area contributed by atoms with E-state index in [0.717, 1.165) is 21.8 Å². The van der Waals surface area contributed by atoms with Gasteiger partial charge < -0.3 is 20.2 Å². The lowest BCUT2D eigenvalue weighted by Crippen LogP contribution is -2.18. The summed E-state index contributed by atoms with van der Waals surface area (Å²) < 4.78 is 6.85. The number of Topliss-reactive ketones (excluding diaryl/α,β-unsaturated/α-hetero) is 1. The minimum absolute atomic E-state index is 0.193. The van der Waals surface area contributed by atoms with Crippen LogP contribution in [0, 0.1) is 0 Å². The maximum absolute atomic E-state index is 11.7. The van der Waals surface area contributed by atoms with E-state index in [0.29, 0.717) is 30.2 Å². The fraction of sp³-hybridized carbons (Fsp3) is 0.263. The number of pyridine rings is 1. The van der Waals surface area contributed by atoms with Crippen LogP contribution >= 0.6 is 11.3 Å². The van der Waals surface area contributed by atoms with Crippen molar-refractivity contribution in [2.45, 2.75) is 19.8 Å². The number of hydrogen-bond acceptors (Lipinski definition) is 7. The number of benzene rings is 1. The highest BCUT2D eigenvalue weighted by Gasteiger charge is 2.09. The van der Waals surface area contributed by atoms with Gasteiger partial charge in [0.05, 0.1) is 10.2 Å². The van der Waals surface area contributed by atoms with E-state index < -0.39 is 0 Å². The van der Waals surface area contributed by atoms with Crippen molar-refractivity contribution in [2.24, 2.45) is 0 Å². The van der Waals surface area contributed by atoms with Crippen LogP contribution in [-0.4, -0.2) is 35.3 Å². The summed E-state index contributed by atoms with van der Waals surface area (Å²) >= 11 is 1.53. The van der Waals surface area contributed by atoms with Crippen LogP contribution < -0.4 is 15.4 Å². The first-order valence-corrected chi connectivity index (χ1v) is 9.36. The molecule has 1 aromatic carbocycles. The number of rotatable bonds is 8. The summed E-state index contributed by atoms with van der Waals surface area (Å²) in [4.78, 5) is 31.2. The molecule has 0 aliphatic heterocycles. The zero-order chi connectivity index (χ0) is 19.2. The van der Waals surface area contributed by atoms with Crippen LogP contribution in [0.2, 0.25) is 0 Å². The summed E-state index contributed by atoms with van der Waals surface area (Å²) in [6, 6.07) is 8.93. The second kappa shape index (κ2) is 8.59. The third kappa shape index (κ3) is 5.01. The molecule has 0 saturated carbocycles. The molecule has 3 rings (SSSR count). The van der Waals surface area contributed by atoms with E-state index in [1.807, 2.05) is 18.2 Å². The van der Waals surface area contributed by atoms with Crippen LogP contribution in [-0.2, 0) is 4.79 Å². The first kappa shape index (κ1) is 18.8. The minimum atomic E-state index is -0.265. The molecule has 0 saturated heterocycles. The molecule has 7 nitrogen and oxygen atoms in total. The number of carbonyl (C=O) groups is 2. The highest BCUT2D eigenvalue weighted by atomic mass is 32.1. The normalized spacial score (nSPS) is 10.6. The summed E-state index contributed by atoms with van der Waals surface area (Å²) in [7, 11) is 1.56. The number of ketones is 1. The van der Waals surface area contributed by atoms with Gasteiger partial charge in [0, 0.05) is 38.3 Å². The standard InChI is InChI=1S/C19H20N4O3S/c1-12(24)4-3-8-22-19-23-15-6-5-13(11-17(15)27-19)26-14-7-9-21-16(10-14)18(25)20-2/h5-7,9-11H,3-4,8H2,1-2H3,(H,20,25)(H,22,23). The Bertz CT molecular complexity index is 970. The van der Waals surface area contributed by atoms with Crippen LogP contribution in [0.5, 0.6) is 11.5 Å². The van der Waals surface area contributed by atoms with Gasteiger partial charge in [-0.05, 0) is 31.5 Å². The average molecular weight is 384 g/mol. The van der Waals surface area contributed by atoms with Crippen LogP contribution in [0.1, 0.15) is 30.3 Å². The predicted octanol–water partition coefficient (Wildman–Crippen LogP) is 3.62. The van der Waals surface area contributed by atoms with Gasteiger partial charge in [-0.2, -0.15) is 0 Å². The van der Waals surface area contributed by atoms with E-state index >= 15 is 0 Å². The van der Waals surface area contributed by atoms with Crippen LogP contribution in [0.15, 0.2) is 36.5 Å². The second-order valence-corrected chi connectivity index (χ2v) is 6.97. The van der Waals surface area contributed by atoms with Crippen molar-refractivity contribution in [2.75, 3.05) is 18.9 Å². The quantitative estimate of drug-likeness (QED) is 0.576. The number of nitrogens with zero attached hydrogens (tertiary/aromatic N) is 2. The first-order valence-electron chi connectivity index (χ1n) is 8.55. The predicted molar refractivity (Wildman–Crippen MR) is 106 cm³/mol. The van der Waals surface area contributed by atoms with Gasteiger partial charge in [-0.3, -0.25) is 9.78 Å².